The third kappa shape index (κ3) is 3.34. The van der Waals surface area contributed by atoms with E-state index in [4.69, 9.17) is 0 Å². The Morgan fingerprint density at radius 3 is 2.62 bits per heavy atom. The molecular formula is C18H29N3. The number of anilines is 2. The number of nitrogens with zero attached hydrogens (tertiary/aromatic N) is 1. The molecule has 3 unspecified atom stereocenters. The molecule has 3 heteroatoms. The second-order valence-corrected chi connectivity index (χ2v) is 6.81. The van der Waals surface area contributed by atoms with Crippen molar-refractivity contribution >= 4 is 11.4 Å². The lowest BCUT2D eigenvalue weighted by Crippen LogP contribution is -2.43. The van der Waals surface area contributed by atoms with Crippen molar-refractivity contribution in [3.05, 3.63) is 24.3 Å². The lowest BCUT2D eigenvalue weighted by atomic mass is 9.79. The fourth-order valence-corrected chi connectivity index (χ4v) is 4.08. The Bertz CT molecular complexity index is 452. The molecule has 21 heavy (non-hydrogen) atoms. The molecule has 1 aromatic carbocycles. The van der Waals surface area contributed by atoms with Crippen LogP contribution in [-0.4, -0.2) is 32.7 Å². The lowest BCUT2D eigenvalue weighted by Gasteiger charge is -2.37. The van der Waals surface area contributed by atoms with E-state index in [0.717, 1.165) is 12.0 Å². The molecule has 3 rings (SSSR count). The summed E-state index contributed by atoms with van der Waals surface area (Å²) in [7, 11) is 4.24. The summed E-state index contributed by atoms with van der Waals surface area (Å²) in [5.41, 5.74) is 2.58. The molecular weight excluding hydrogens is 258 g/mol. The maximum Gasteiger partial charge on any atom is 0.0596 e. The number of benzene rings is 1. The van der Waals surface area contributed by atoms with Crippen LogP contribution in [0, 0.1) is 5.92 Å². The van der Waals surface area contributed by atoms with Gasteiger partial charge in [-0.2, -0.15) is 0 Å². The van der Waals surface area contributed by atoms with Gasteiger partial charge >= 0.3 is 0 Å². The van der Waals surface area contributed by atoms with Crippen molar-refractivity contribution in [1.82, 2.24) is 5.32 Å². The summed E-state index contributed by atoms with van der Waals surface area (Å²) in [6.45, 7) is 1.21. The van der Waals surface area contributed by atoms with Gasteiger partial charge in [-0.1, -0.05) is 25.0 Å². The highest BCUT2D eigenvalue weighted by molar-refractivity contribution is 5.69. The van der Waals surface area contributed by atoms with Crippen LogP contribution in [0.25, 0.3) is 0 Å². The second-order valence-electron chi connectivity index (χ2n) is 6.81. The van der Waals surface area contributed by atoms with Gasteiger partial charge in [-0.3, -0.25) is 0 Å². The zero-order valence-electron chi connectivity index (χ0n) is 13.4. The molecule has 0 bridgehead atoms. The molecule has 3 nitrogen and oxygen atoms in total. The Hall–Kier alpha value is -1.22. The number of nitrogens with one attached hydrogen (secondary N) is 2. The fraction of sp³-hybridized carbons (Fsp3) is 0.667. The number of para-hydroxylation sites is 2. The molecule has 1 aliphatic carbocycles. The summed E-state index contributed by atoms with van der Waals surface area (Å²) in [6.07, 6.45) is 8.16. The van der Waals surface area contributed by atoms with Crippen molar-refractivity contribution in [2.75, 3.05) is 30.9 Å². The van der Waals surface area contributed by atoms with E-state index in [1.807, 2.05) is 0 Å². The van der Waals surface area contributed by atoms with Crippen LogP contribution in [0.4, 0.5) is 11.4 Å². The van der Waals surface area contributed by atoms with E-state index in [0.29, 0.717) is 6.04 Å². The van der Waals surface area contributed by atoms with Gasteiger partial charge in [0.05, 0.1) is 11.4 Å². The van der Waals surface area contributed by atoms with Crippen molar-refractivity contribution in [1.29, 1.82) is 0 Å². The monoisotopic (exact) mass is 287 g/mol. The van der Waals surface area contributed by atoms with E-state index in [-0.39, 0.29) is 0 Å². The predicted octanol–water partition coefficient (Wildman–Crippen LogP) is 3.48. The highest BCUT2D eigenvalue weighted by Crippen LogP contribution is 2.34. The quantitative estimate of drug-likeness (QED) is 0.888. The van der Waals surface area contributed by atoms with Crippen molar-refractivity contribution < 1.29 is 0 Å². The zero-order chi connectivity index (χ0) is 14.7. The molecule has 2 fully saturated rings. The molecule has 1 aliphatic heterocycles. The van der Waals surface area contributed by atoms with E-state index in [1.165, 1.54) is 56.4 Å². The highest BCUT2D eigenvalue weighted by atomic mass is 15.1. The summed E-state index contributed by atoms with van der Waals surface area (Å²) >= 11 is 0. The Morgan fingerprint density at radius 2 is 1.86 bits per heavy atom. The molecule has 116 valence electrons. The first kappa shape index (κ1) is 14.7. The maximum absolute atomic E-state index is 3.88. The summed E-state index contributed by atoms with van der Waals surface area (Å²) < 4.78 is 0. The normalized spacial score (nSPS) is 29.3. The Morgan fingerprint density at radius 1 is 1.05 bits per heavy atom. The van der Waals surface area contributed by atoms with E-state index in [9.17, 15) is 0 Å². The van der Waals surface area contributed by atoms with Crippen LogP contribution in [-0.2, 0) is 0 Å². The third-order valence-electron chi connectivity index (χ3n) is 5.16. The highest BCUT2D eigenvalue weighted by Gasteiger charge is 2.33. The number of hydrogen-bond acceptors (Lipinski definition) is 3. The van der Waals surface area contributed by atoms with Crippen LogP contribution in [0.2, 0.25) is 0 Å². The maximum atomic E-state index is 3.88. The van der Waals surface area contributed by atoms with Crippen LogP contribution < -0.4 is 15.5 Å². The average molecular weight is 287 g/mol. The van der Waals surface area contributed by atoms with Crippen molar-refractivity contribution in [3.63, 3.8) is 0 Å². The summed E-state index contributed by atoms with van der Waals surface area (Å²) in [4.78, 5) is 2.20. The molecule has 0 spiro atoms. The molecule has 3 atom stereocenters. The summed E-state index contributed by atoms with van der Waals surface area (Å²) in [5, 5.41) is 7.61. The molecule has 1 saturated heterocycles. The average Bonchev–Trinajstić information content (AvgIpc) is 3.02. The van der Waals surface area contributed by atoms with E-state index < -0.39 is 0 Å². The van der Waals surface area contributed by atoms with E-state index in [2.05, 4.69) is 53.9 Å². The van der Waals surface area contributed by atoms with Crippen LogP contribution in [0.5, 0.6) is 0 Å². The van der Waals surface area contributed by atoms with Crippen molar-refractivity contribution in [2.45, 2.75) is 50.6 Å². The second kappa shape index (κ2) is 6.69. The Kier molecular flexibility index (Phi) is 4.69. The van der Waals surface area contributed by atoms with Gasteiger partial charge in [0.1, 0.15) is 0 Å². The summed E-state index contributed by atoms with van der Waals surface area (Å²) in [6, 6.07) is 10.0. The minimum atomic E-state index is 0.621. The van der Waals surface area contributed by atoms with Crippen molar-refractivity contribution in [2.24, 2.45) is 5.92 Å². The molecule has 2 aliphatic rings. The van der Waals surface area contributed by atoms with Crippen LogP contribution in [0.15, 0.2) is 24.3 Å². The van der Waals surface area contributed by atoms with Crippen LogP contribution >= 0.6 is 0 Å². The number of hydrogen-bond donors (Lipinski definition) is 2. The molecule has 2 N–H and O–H groups in total. The van der Waals surface area contributed by atoms with E-state index in [1.54, 1.807) is 0 Å². The standard InChI is InChI=1S/C18H29N3/c1-21(2)18-12-6-5-10-17(18)20-16-9-4-3-8-14(16)15-11-7-13-19-15/h5-6,10,12,14-16,19-20H,3-4,7-9,11,13H2,1-2H3. The van der Waals surface area contributed by atoms with Gasteiger partial charge in [0, 0.05) is 26.2 Å². The molecule has 0 aromatic heterocycles. The lowest BCUT2D eigenvalue weighted by molar-refractivity contribution is 0.263. The SMILES string of the molecule is CN(C)c1ccccc1NC1CCCCC1C1CCCN1. The predicted molar refractivity (Wildman–Crippen MR) is 91.2 cm³/mol. The Labute approximate surface area is 129 Å². The topological polar surface area (TPSA) is 27.3 Å². The number of rotatable bonds is 4. The summed E-state index contributed by atoms with van der Waals surface area (Å²) in [5.74, 6) is 0.788. The van der Waals surface area contributed by atoms with Crippen LogP contribution in [0.3, 0.4) is 0 Å². The Balaban J connectivity index is 1.75. The van der Waals surface area contributed by atoms with Gasteiger partial charge in [0.15, 0.2) is 0 Å². The van der Waals surface area contributed by atoms with E-state index >= 15 is 0 Å². The first-order chi connectivity index (χ1) is 10.3. The fourth-order valence-electron chi connectivity index (χ4n) is 4.08. The van der Waals surface area contributed by atoms with Gasteiger partial charge in [0.2, 0.25) is 0 Å². The van der Waals surface area contributed by atoms with Crippen LogP contribution in [0.1, 0.15) is 38.5 Å². The third-order valence-corrected chi connectivity index (χ3v) is 5.16. The van der Waals surface area contributed by atoms with Gasteiger partial charge < -0.3 is 15.5 Å². The smallest absolute Gasteiger partial charge is 0.0596 e. The molecule has 1 aromatic rings. The first-order valence-corrected chi connectivity index (χ1v) is 8.52. The largest absolute Gasteiger partial charge is 0.380 e. The van der Waals surface area contributed by atoms with Gasteiger partial charge in [-0.05, 0) is 50.3 Å². The molecule has 0 radical (unpaired) electrons. The minimum absolute atomic E-state index is 0.621. The molecule has 1 heterocycles. The van der Waals surface area contributed by atoms with Gasteiger partial charge in [-0.15, -0.1) is 0 Å². The first-order valence-electron chi connectivity index (χ1n) is 8.52. The minimum Gasteiger partial charge on any atom is -0.380 e. The zero-order valence-corrected chi connectivity index (χ0v) is 13.4. The molecule has 1 saturated carbocycles. The van der Waals surface area contributed by atoms with Crippen molar-refractivity contribution in [3.8, 4) is 0 Å². The van der Waals surface area contributed by atoms with Gasteiger partial charge in [0.25, 0.3) is 0 Å². The molecule has 0 amide bonds. The van der Waals surface area contributed by atoms with Gasteiger partial charge in [-0.25, -0.2) is 0 Å².